The minimum atomic E-state index is -1.04. The number of alkyl halides is 1. The van der Waals surface area contributed by atoms with E-state index in [0.29, 0.717) is 5.69 Å². The number of aryl methyl sites for hydroxylation is 1. The summed E-state index contributed by atoms with van der Waals surface area (Å²) in [7, 11) is 0. The van der Waals surface area contributed by atoms with Crippen LogP contribution in [0.25, 0.3) is 0 Å². The van der Waals surface area contributed by atoms with Crippen molar-refractivity contribution in [3.63, 3.8) is 0 Å². The van der Waals surface area contributed by atoms with Crippen molar-refractivity contribution in [3.05, 3.63) is 65.2 Å². The molecule has 0 saturated heterocycles. The normalized spacial score (nSPS) is 10.3. The van der Waals surface area contributed by atoms with E-state index in [2.05, 4.69) is 21.2 Å². The first kappa shape index (κ1) is 14.7. The van der Waals surface area contributed by atoms with E-state index >= 15 is 0 Å². The van der Waals surface area contributed by atoms with Crippen molar-refractivity contribution < 1.29 is 13.6 Å². The molecule has 2 nitrogen and oxygen atoms in total. The molecule has 0 aromatic heterocycles. The maximum absolute atomic E-state index is 13.1. The second-order valence-corrected chi connectivity index (χ2v) is 5.01. The number of halogens is 3. The van der Waals surface area contributed by atoms with Crippen molar-refractivity contribution in [2.24, 2.45) is 0 Å². The van der Waals surface area contributed by atoms with Crippen molar-refractivity contribution >= 4 is 27.5 Å². The van der Waals surface area contributed by atoms with E-state index in [1.807, 2.05) is 12.1 Å². The largest absolute Gasteiger partial charge is 0.322 e. The van der Waals surface area contributed by atoms with Gasteiger partial charge in [-0.05, 0) is 42.3 Å². The van der Waals surface area contributed by atoms with Crippen LogP contribution in [-0.2, 0) is 6.42 Å². The summed E-state index contributed by atoms with van der Waals surface area (Å²) >= 11 is 3.35. The number of benzene rings is 2. The van der Waals surface area contributed by atoms with Crippen molar-refractivity contribution in [2.45, 2.75) is 6.42 Å². The Morgan fingerprint density at radius 3 is 2.35 bits per heavy atom. The van der Waals surface area contributed by atoms with Gasteiger partial charge in [-0.25, -0.2) is 8.78 Å². The molecule has 1 amide bonds. The maximum Gasteiger partial charge on any atom is 0.255 e. The number of rotatable bonds is 4. The van der Waals surface area contributed by atoms with Crippen LogP contribution in [0.3, 0.4) is 0 Å². The summed E-state index contributed by atoms with van der Waals surface area (Å²) in [6.45, 7) is 0. The second-order valence-electron chi connectivity index (χ2n) is 4.22. The third-order valence-corrected chi connectivity index (χ3v) is 3.17. The van der Waals surface area contributed by atoms with Crippen LogP contribution < -0.4 is 5.32 Å². The van der Waals surface area contributed by atoms with Crippen molar-refractivity contribution in [1.29, 1.82) is 0 Å². The summed E-state index contributed by atoms with van der Waals surface area (Å²) in [6.07, 6.45) is 0.900. The zero-order valence-electron chi connectivity index (χ0n) is 10.5. The highest BCUT2D eigenvalue weighted by Gasteiger charge is 2.09. The second kappa shape index (κ2) is 6.61. The lowest BCUT2D eigenvalue weighted by Gasteiger charge is -2.06. The van der Waals surface area contributed by atoms with Gasteiger partial charge in [0, 0.05) is 16.6 Å². The predicted molar refractivity (Wildman–Crippen MR) is 78.3 cm³/mol. The quantitative estimate of drug-likeness (QED) is 0.833. The van der Waals surface area contributed by atoms with Gasteiger partial charge in [0.2, 0.25) is 0 Å². The summed E-state index contributed by atoms with van der Waals surface area (Å²) in [5.74, 6) is -2.48. The molecule has 0 unspecified atom stereocenters. The minimum absolute atomic E-state index is 0.0773. The molecule has 5 heteroatoms. The van der Waals surface area contributed by atoms with Crippen molar-refractivity contribution in [3.8, 4) is 0 Å². The molecule has 0 radical (unpaired) electrons. The fourth-order valence-corrected chi connectivity index (χ4v) is 2.16. The molecule has 20 heavy (non-hydrogen) atoms. The number of anilines is 1. The highest BCUT2D eigenvalue weighted by Crippen LogP contribution is 2.14. The molecular weight excluding hydrogens is 328 g/mol. The van der Waals surface area contributed by atoms with Crippen LogP contribution in [0.1, 0.15) is 15.9 Å². The molecule has 0 atom stereocenters. The van der Waals surface area contributed by atoms with Crippen LogP contribution in [0.4, 0.5) is 14.5 Å². The number of amides is 1. The summed E-state index contributed by atoms with van der Waals surface area (Å²) in [6, 6.07) is 10.4. The number of hydrogen-bond acceptors (Lipinski definition) is 1. The summed E-state index contributed by atoms with van der Waals surface area (Å²) in [5, 5.41) is 3.50. The van der Waals surface area contributed by atoms with Crippen LogP contribution in [-0.4, -0.2) is 11.2 Å². The van der Waals surface area contributed by atoms with Crippen LogP contribution in [0.2, 0.25) is 0 Å². The SMILES string of the molecule is O=C(Nc1ccc(CCBr)cc1)c1ccc(F)c(F)c1. The molecule has 0 aliphatic heterocycles. The van der Waals surface area contributed by atoms with Gasteiger partial charge in [-0.3, -0.25) is 4.79 Å². The first-order chi connectivity index (χ1) is 9.60. The molecule has 104 valence electrons. The predicted octanol–water partition coefficient (Wildman–Crippen LogP) is 4.15. The van der Waals surface area contributed by atoms with Gasteiger partial charge in [0.1, 0.15) is 0 Å². The molecule has 0 heterocycles. The molecule has 2 aromatic rings. The van der Waals surface area contributed by atoms with E-state index < -0.39 is 17.5 Å². The Kier molecular flexibility index (Phi) is 4.84. The first-order valence-electron chi connectivity index (χ1n) is 6.01. The van der Waals surface area contributed by atoms with Gasteiger partial charge in [-0.15, -0.1) is 0 Å². The van der Waals surface area contributed by atoms with E-state index in [1.54, 1.807) is 12.1 Å². The third-order valence-electron chi connectivity index (χ3n) is 2.78. The lowest BCUT2D eigenvalue weighted by Crippen LogP contribution is -2.12. The van der Waals surface area contributed by atoms with Crippen LogP contribution in [0.5, 0.6) is 0 Å². The van der Waals surface area contributed by atoms with E-state index in [4.69, 9.17) is 0 Å². The zero-order valence-corrected chi connectivity index (χ0v) is 12.1. The molecule has 0 fully saturated rings. The Morgan fingerprint density at radius 2 is 1.75 bits per heavy atom. The highest BCUT2D eigenvalue weighted by atomic mass is 79.9. The van der Waals surface area contributed by atoms with Crippen LogP contribution in [0, 0.1) is 11.6 Å². The fourth-order valence-electron chi connectivity index (χ4n) is 1.70. The Morgan fingerprint density at radius 1 is 1.05 bits per heavy atom. The monoisotopic (exact) mass is 339 g/mol. The third kappa shape index (κ3) is 3.63. The van der Waals surface area contributed by atoms with Gasteiger partial charge < -0.3 is 5.32 Å². The Bertz CT molecular complexity index is 614. The molecule has 0 aliphatic rings. The summed E-state index contributed by atoms with van der Waals surface area (Å²) in [4.78, 5) is 11.9. The van der Waals surface area contributed by atoms with Crippen LogP contribution in [0.15, 0.2) is 42.5 Å². The molecule has 0 aliphatic carbocycles. The van der Waals surface area contributed by atoms with Gasteiger partial charge in [0.05, 0.1) is 0 Å². The van der Waals surface area contributed by atoms with Gasteiger partial charge >= 0.3 is 0 Å². The lowest BCUT2D eigenvalue weighted by molar-refractivity contribution is 0.102. The average Bonchev–Trinajstić information content (AvgIpc) is 2.44. The summed E-state index contributed by atoms with van der Waals surface area (Å²) in [5.41, 5.74) is 1.83. The maximum atomic E-state index is 13.1. The molecular formula is C15H12BrF2NO. The van der Waals surface area contributed by atoms with Gasteiger partial charge in [-0.2, -0.15) is 0 Å². The Labute approximate surface area is 123 Å². The van der Waals surface area contributed by atoms with Crippen LogP contribution >= 0.6 is 15.9 Å². The number of hydrogen-bond donors (Lipinski definition) is 1. The lowest BCUT2D eigenvalue weighted by atomic mass is 10.1. The Hall–Kier alpha value is -1.75. The molecule has 2 aromatic carbocycles. The highest BCUT2D eigenvalue weighted by molar-refractivity contribution is 9.09. The number of carbonyl (C=O) groups excluding carboxylic acids is 1. The van der Waals surface area contributed by atoms with Gasteiger partial charge in [0.15, 0.2) is 11.6 Å². The molecule has 0 spiro atoms. The van der Waals surface area contributed by atoms with Crippen molar-refractivity contribution in [2.75, 3.05) is 10.6 Å². The van der Waals surface area contributed by atoms with Crippen molar-refractivity contribution in [1.82, 2.24) is 0 Å². The van der Waals surface area contributed by atoms with E-state index in [9.17, 15) is 13.6 Å². The molecule has 1 N–H and O–H groups in total. The average molecular weight is 340 g/mol. The first-order valence-corrected chi connectivity index (χ1v) is 7.13. The zero-order chi connectivity index (χ0) is 14.5. The van der Waals surface area contributed by atoms with E-state index in [1.165, 1.54) is 6.07 Å². The minimum Gasteiger partial charge on any atom is -0.322 e. The summed E-state index contributed by atoms with van der Waals surface area (Å²) < 4.78 is 25.9. The standard InChI is InChI=1S/C15H12BrF2NO/c16-8-7-10-1-4-12(5-2-10)19-15(20)11-3-6-13(17)14(18)9-11/h1-6,9H,7-8H2,(H,19,20). The molecule has 0 bridgehead atoms. The molecule has 2 rings (SSSR count). The van der Waals surface area contributed by atoms with Gasteiger partial charge in [0.25, 0.3) is 5.91 Å². The molecule has 0 saturated carbocycles. The topological polar surface area (TPSA) is 29.1 Å². The van der Waals surface area contributed by atoms with Gasteiger partial charge in [-0.1, -0.05) is 28.1 Å². The van der Waals surface area contributed by atoms with E-state index in [-0.39, 0.29) is 5.56 Å². The fraction of sp³-hybridized carbons (Fsp3) is 0.133. The number of carbonyl (C=O) groups is 1. The Balaban J connectivity index is 2.08. The van der Waals surface area contributed by atoms with E-state index in [0.717, 1.165) is 29.4 Å². The number of nitrogens with one attached hydrogen (secondary N) is 1. The smallest absolute Gasteiger partial charge is 0.255 e.